The van der Waals surface area contributed by atoms with E-state index in [1.54, 1.807) is 0 Å². The zero-order valence-electron chi connectivity index (χ0n) is 57.0. The van der Waals surface area contributed by atoms with Crippen LogP contribution in [-0.4, -0.2) is 15.8 Å². The zero-order chi connectivity index (χ0) is 69.6. The van der Waals surface area contributed by atoms with Gasteiger partial charge in [0.1, 0.15) is 0 Å². The maximum atomic E-state index is 11.5. The van der Waals surface area contributed by atoms with Gasteiger partial charge in [-0.1, -0.05) is 279 Å². The van der Waals surface area contributed by atoms with E-state index >= 15 is 0 Å². The summed E-state index contributed by atoms with van der Waals surface area (Å²) >= 11 is 0. The van der Waals surface area contributed by atoms with Gasteiger partial charge in [-0.15, -0.1) is 0 Å². The van der Waals surface area contributed by atoms with E-state index in [1.807, 2.05) is 24.3 Å². The summed E-state index contributed by atoms with van der Waals surface area (Å²) in [5.74, 6) is 0. The normalized spacial score (nSPS) is 12.1. The van der Waals surface area contributed by atoms with Crippen molar-refractivity contribution in [3.05, 3.63) is 387 Å². The van der Waals surface area contributed by atoms with E-state index in [4.69, 9.17) is 6.57 Å². The maximum Gasteiger partial charge on any atom is 0.252 e. The lowest BCUT2D eigenvalue weighted by Crippen LogP contribution is -2.61. The van der Waals surface area contributed by atoms with Crippen LogP contribution in [0.1, 0.15) is 5.56 Å². The van der Waals surface area contributed by atoms with Gasteiger partial charge < -0.3 is 18.9 Å². The zero-order valence-corrected chi connectivity index (χ0v) is 57.0. The third kappa shape index (κ3) is 9.79. The summed E-state index contributed by atoms with van der Waals surface area (Å²) in [6.07, 6.45) is 0. The fourth-order valence-electron chi connectivity index (χ4n) is 17.0. The van der Waals surface area contributed by atoms with E-state index in [0.717, 1.165) is 162 Å². The van der Waals surface area contributed by atoms with E-state index < -0.39 is 0 Å². The molecule has 4 heterocycles. The number of para-hydroxylation sites is 5. The van der Waals surface area contributed by atoms with Crippen molar-refractivity contribution >= 4 is 107 Å². The molecule has 16 aromatic carbocycles. The molecule has 2 aliphatic heterocycles. The second-order valence-corrected chi connectivity index (χ2v) is 27.2. The summed E-state index contributed by atoms with van der Waals surface area (Å²) in [5.41, 5.74) is 30.4. The average Bonchev–Trinajstić information content (AvgIpc) is 1.09. The number of nitriles is 1. The highest BCUT2D eigenvalue weighted by atomic mass is 15.2. The number of rotatable bonds is 11. The van der Waals surface area contributed by atoms with E-state index in [0.29, 0.717) is 11.3 Å². The quantitative estimate of drug-likeness (QED) is 0.0958. The van der Waals surface area contributed by atoms with Crippen molar-refractivity contribution in [1.82, 2.24) is 9.13 Å². The van der Waals surface area contributed by atoms with Crippen molar-refractivity contribution in [2.24, 2.45) is 0 Å². The van der Waals surface area contributed by atoms with Gasteiger partial charge in [-0.3, -0.25) is 0 Å². The Morgan fingerprint density at radius 3 is 1.02 bits per heavy atom. The summed E-state index contributed by atoms with van der Waals surface area (Å²) in [4.78, 5) is 9.53. The molecule has 0 bridgehead atoms. The van der Waals surface area contributed by atoms with Gasteiger partial charge in [0.25, 0.3) is 6.71 Å². The minimum Gasteiger partial charge on any atom is -0.310 e. The van der Waals surface area contributed by atoms with Crippen LogP contribution in [0.3, 0.4) is 0 Å². The Morgan fingerprint density at radius 1 is 0.276 bits per heavy atom. The van der Waals surface area contributed by atoms with Gasteiger partial charge >= 0.3 is 0 Å². The van der Waals surface area contributed by atoms with Crippen molar-refractivity contribution in [2.75, 3.05) is 9.80 Å². The van der Waals surface area contributed by atoms with Crippen molar-refractivity contribution in [3.63, 3.8) is 0 Å². The molecule has 7 heteroatoms. The number of hydrogen-bond acceptors (Lipinski definition) is 3. The molecule has 0 unspecified atom stereocenters. The molecule has 0 radical (unpaired) electrons. The molecule has 486 valence electrons. The number of nitrogens with zero attached hydrogens (tertiary/aromatic N) is 6. The van der Waals surface area contributed by atoms with Crippen LogP contribution < -0.4 is 26.2 Å². The first kappa shape index (κ1) is 60.7. The van der Waals surface area contributed by atoms with Crippen LogP contribution in [0.2, 0.25) is 0 Å². The van der Waals surface area contributed by atoms with Gasteiger partial charge in [-0.2, -0.15) is 5.26 Å². The summed E-state index contributed by atoms with van der Waals surface area (Å²) < 4.78 is 4.88. The lowest BCUT2D eigenvalue weighted by Gasteiger charge is -2.46. The Kier molecular flexibility index (Phi) is 14.4. The topological polar surface area (TPSA) is 44.5 Å². The number of hydrogen-bond donors (Lipinski definition) is 0. The molecule has 0 atom stereocenters. The molecule has 2 aromatic heterocycles. The largest absolute Gasteiger partial charge is 0.310 e. The summed E-state index contributed by atoms with van der Waals surface area (Å²) in [6.45, 7) is 8.64. The first-order valence-corrected chi connectivity index (χ1v) is 35.7. The summed E-state index contributed by atoms with van der Waals surface area (Å²) in [6, 6.07) is 136. The van der Waals surface area contributed by atoms with Gasteiger partial charge in [0, 0.05) is 77.9 Å². The standard InChI is InChI=1S/C98H61BN6/c1-101-87-46-24-19-41-76(87)84-58-71(65-31-9-3-10-32-65)56-82(68-37-15-6-16-38-68)98(84)105-93-62-74(103-90-49-27-22-44-79(90)80-45-23-28-50-91(80)103)52-54-86(93)99-85-53-51-73(102-88-47-25-20-42-77(88)78-43-21-26-48-89(78)102)61-92(85)104(94-59-72(60-95(105)96(94)99)66-33-11-4-12-34-66)97-81(67-35-13-5-14-36-67)55-70(64-29-7-2-8-30-64)57-83(97)75-40-18-17-39-69(75)63-100/h2-62H. The fraction of sp³-hybridized carbons (Fsp3) is 0. The summed E-state index contributed by atoms with van der Waals surface area (Å²) in [5, 5.41) is 16.2. The van der Waals surface area contributed by atoms with Gasteiger partial charge in [-0.05, 0) is 163 Å². The minimum atomic E-state index is -0.377. The number of anilines is 6. The smallest absolute Gasteiger partial charge is 0.252 e. The predicted molar refractivity (Wildman–Crippen MR) is 438 cm³/mol. The summed E-state index contributed by atoms with van der Waals surface area (Å²) in [7, 11) is 0. The Balaban J connectivity index is 0.993. The van der Waals surface area contributed by atoms with Crippen molar-refractivity contribution in [2.45, 2.75) is 0 Å². The van der Waals surface area contributed by atoms with Crippen LogP contribution in [0, 0.1) is 17.9 Å². The van der Waals surface area contributed by atoms with Crippen molar-refractivity contribution < 1.29 is 0 Å². The molecular weight excluding hydrogens is 1270 g/mol. The van der Waals surface area contributed by atoms with Crippen molar-refractivity contribution in [1.29, 1.82) is 5.26 Å². The van der Waals surface area contributed by atoms with E-state index in [9.17, 15) is 5.26 Å². The molecule has 0 amide bonds. The Labute approximate surface area is 609 Å². The molecule has 6 nitrogen and oxygen atoms in total. The molecular formula is C98H61BN6. The second kappa shape index (κ2) is 24.8. The molecule has 18 aromatic rings. The van der Waals surface area contributed by atoms with E-state index in [2.05, 4.69) is 376 Å². The molecule has 0 saturated heterocycles. The monoisotopic (exact) mass is 1330 g/mol. The van der Waals surface area contributed by atoms with Crippen molar-refractivity contribution in [3.8, 4) is 95.3 Å². The number of aromatic nitrogens is 2. The Bertz CT molecular complexity index is 6140. The highest BCUT2D eigenvalue weighted by molar-refractivity contribution is 7.00. The molecule has 0 fully saturated rings. The van der Waals surface area contributed by atoms with Crippen LogP contribution in [0.4, 0.5) is 39.8 Å². The maximum absolute atomic E-state index is 11.5. The third-order valence-corrected chi connectivity index (χ3v) is 21.5. The average molecular weight is 1330 g/mol. The fourth-order valence-corrected chi connectivity index (χ4v) is 17.0. The highest BCUT2D eigenvalue weighted by Gasteiger charge is 2.46. The molecule has 2 aliphatic rings. The first-order valence-electron chi connectivity index (χ1n) is 35.7. The predicted octanol–water partition coefficient (Wildman–Crippen LogP) is 24.1. The molecule has 105 heavy (non-hydrogen) atoms. The molecule has 0 N–H and O–H groups in total. The van der Waals surface area contributed by atoms with Gasteiger partial charge in [0.15, 0.2) is 5.69 Å². The van der Waals surface area contributed by atoms with Crippen LogP contribution in [0.5, 0.6) is 0 Å². The molecule has 0 aliphatic carbocycles. The molecule has 0 saturated carbocycles. The second-order valence-electron chi connectivity index (χ2n) is 27.2. The number of benzene rings is 16. The molecule has 20 rings (SSSR count). The van der Waals surface area contributed by atoms with Gasteiger partial charge in [0.05, 0.1) is 51.6 Å². The first-order chi connectivity index (χ1) is 52.0. The van der Waals surface area contributed by atoms with Gasteiger partial charge in [0.2, 0.25) is 0 Å². The van der Waals surface area contributed by atoms with Gasteiger partial charge in [-0.25, -0.2) is 4.85 Å². The van der Waals surface area contributed by atoms with Crippen LogP contribution >= 0.6 is 0 Å². The lowest BCUT2D eigenvalue weighted by atomic mass is 9.33. The van der Waals surface area contributed by atoms with Crippen LogP contribution in [0.15, 0.2) is 370 Å². The number of fused-ring (bicyclic) bond motifs is 10. The highest BCUT2D eigenvalue weighted by Crippen LogP contribution is 2.56. The molecule has 0 spiro atoms. The Morgan fingerprint density at radius 2 is 0.610 bits per heavy atom. The lowest BCUT2D eigenvalue weighted by molar-refractivity contribution is 1.17. The van der Waals surface area contributed by atoms with E-state index in [1.165, 1.54) is 21.5 Å². The Hall–Kier alpha value is -14.2. The minimum absolute atomic E-state index is 0.377. The van der Waals surface area contributed by atoms with Crippen LogP contribution in [0.25, 0.3) is 138 Å². The SMILES string of the molecule is [C-]#[N+]c1ccccc1-c1cc(-c2ccccc2)cc(-c2ccccc2)c1N1c2cc(-n3c4ccccc4c4ccccc43)ccc2B2c3ccc(-n4c5ccccc5c5ccccc54)cc3N(c3c(-c4ccccc4)cc(-c4ccccc4)cc3-c3ccccc3C#N)c3cc(-c4ccccc4)cc1c32. The van der Waals surface area contributed by atoms with E-state index in [-0.39, 0.29) is 6.71 Å². The third-order valence-electron chi connectivity index (χ3n) is 21.5. The van der Waals surface area contributed by atoms with Crippen LogP contribution in [-0.2, 0) is 0 Å².